The summed E-state index contributed by atoms with van der Waals surface area (Å²) in [5, 5.41) is 0. The molecule has 22 heavy (non-hydrogen) atoms. The first-order valence-corrected chi connectivity index (χ1v) is 8.65. The zero-order valence-corrected chi connectivity index (χ0v) is 13.0. The Morgan fingerprint density at radius 3 is 2.91 bits per heavy atom. The molecule has 1 saturated heterocycles. The van der Waals surface area contributed by atoms with Gasteiger partial charge in [-0.05, 0) is 49.9 Å². The summed E-state index contributed by atoms with van der Waals surface area (Å²) in [6.45, 7) is 3.52. The molecule has 2 aliphatic rings. The van der Waals surface area contributed by atoms with Crippen LogP contribution in [0.2, 0.25) is 0 Å². The number of benzene rings is 1. The maximum atomic E-state index is 13.3. The SMILES string of the molecule is Fc1ccc2nc([C@H]3CCN(CC4CCCCC4)C3)[nH]c2c1. The molecule has 118 valence electrons. The maximum absolute atomic E-state index is 13.3. The van der Waals surface area contributed by atoms with Gasteiger partial charge in [-0.3, -0.25) is 0 Å². The molecule has 1 aromatic heterocycles. The van der Waals surface area contributed by atoms with E-state index >= 15 is 0 Å². The summed E-state index contributed by atoms with van der Waals surface area (Å²) in [7, 11) is 0. The molecule has 0 unspecified atom stereocenters. The van der Waals surface area contributed by atoms with Gasteiger partial charge >= 0.3 is 0 Å². The van der Waals surface area contributed by atoms with Crippen LogP contribution < -0.4 is 0 Å². The third-order valence-electron chi connectivity index (χ3n) is 5.36. The highest BCUT2D eigenvalue weighted by Crippen LogP contribution is 2.30. The summed E-state index contributed by atoms with van der Waals surface area (Å²) in [6.07, 6.45) is 8.23. The maximum Gasteiger partial charge on any atom is 0.125 e. The van der Waals surface area contributed by atoms with Crippen LogP contribution in [0.4, 0.5) is 4.39 Å². The Kier molecular flexibility index (Phi) is 3.87. The van der Waals surface area contributed by atoms with Gasteiger partial charge in [0.25, 0.3) is 0 Å². The number of H-pyrrole nitrogens is 1. The highest BCUT2D eigenvalue weighted by atomic mass is 19.1. The van der Waals surface area contributed by atoms with E-state index in [1.165, 1.54) is 51.3 Å². The second-order valence-electron chi connectivity index (χ2n) is 7.03. The molecule has 2 aromatic rings. The molecule has 0 spiro atoms. The molecule has 2 fully saturated rings. The van der Waals surface area contributed by atoms with Crippen molar-refractivity contribution in [1.82, 2.24) is 14.9 Å². The van der Waals surface area contributed by atoms with E-state index in [-0.39, 0.29) is 5.82 Å². The van der Waals surface area contributed by atoms with Crippen LogP contribution in [0.25, 0.3) is 11.0 Å². The van der Waals surface area contributed by atoms with E-state index in [2.05, 4.69) is 14.9 Å². The molecule has 0 radical (unpaired) electrons. The monoisotopic (exact) mass is 301 g/mol. The minimum atomic E-state index is -0.201. The molecule has 1 saturated carbocycles. The summed E-state index contributed by atoms with van der Waals surface area (Å²) in [4.78, 5) is 10.6. The van der Waals surface area contributed by atoms with E-state index in [9.17, 15) is 4.39 Å². The number of likely N-dealkylation sites (tertiary alicyclic amines) is 1. The second kappa shape index (κ2) is 5.99. The fourth-order valence-electron chi connectivity index (χ4n) is 4.15. The Morgan fingerprint density at radius 2 is 2.05 bits per heavy atom. The summed E-state index contributed by atoms with van der Waals surface area (Å²) in [5.41, 5.74) is 1.70. The van der Waals surface area contributed by atoms with Crippen molar-refractivity contribution in [2.24, 2.45) is 5.92 Å². The molecule has 2 heterocycles. The van der Waals surface area contributed by atoms with E-state index in [4.69, 9.17) is 0 Å². The average Bonchev–Trinajstić information content (AvgIpc) is 3.14. The number of imidazole rings is 1. The van der Waals surface area contributed by atoms with Gasteiger partial charge in [0.15, 0.2) is 0 Å². The summed E-state index contributed by atoms with van der Waals surface area (Å²) >= 11 is 0. The molecule has 4 rings (SSSR count). The summed E-state index contributed by atoms with van der Waals surface area (Å²) in [6, 6.07) is 4.79. The van der Waals surface area contributed by atoms with E-state index in [0.29, 0.717) is 5.92 Å². The number of aromatic nitrogens is 2. The van der Waals surface area contributed by atoms with Crippen molar-refractivity contribution in [2.45, 2.75) is 44.4 Å². The Balaban J connectivity index is 1.42. The number of hydrogen-bond acceptors (Lipinski definition) is 2. The van der Waals surface area contributed by atoms with Crippen LogP contribution in [0.1, 0.15) is 50.3 Å². The molecule has 1 atom stereocenters. The molecule has 0 bridgehead atoms. The first-order chi connectivity index (χ1) is 10.8. The third-order valence-corrected chi connectivity index (χ3v) is 5.36. The van der Waals surface area contributed by atoms with E-state index in [0.717, 1.165) is 35.7 Å². The fourth-order valence-corrected chi connectivity index (χ4v) is 4.15. The van der Waals surface area contributed by atoms with Crippen molar-refractivity contribution in [3.8, 4) is 0 Å². The van der Waals surface area contributed by atoms with Gasteiger partial charge in [-0.2, -0.15) is 0 Å². The van der Waals surface area contributed by atoms with Crippen LogP contribution in [-0.2, 0) is 0 Å². The van der Waals surface area contributed by atoms with Crippen molar-refractivity contribution in [3.05, 3.63) is 29.8 Å². The lowest BCUT2D eigenvalue weighted by atomic mass is 9.89. The topological polar surface area (TPSA) is 31.9 Å². The molecule has 1 N–H and O–H groups in total. The van der Waals surface area contributed by atoms with Crippen LogP contribution in [0.15, 0.2) is 18.2 Å². The van der Waals surface area contributed by atoms with Crippen LogP contribution >= 0.6 is 0 Å². The smallest absolute Gasteiger partial charge is 0.125 e. The average molecular weight is 301 g/mol. The normalized spacial score (nSPS) is 24.3. The minimum absolute atomic E-state index is 0.201. The van der Waals surface area contributed by atoms with Crippen molar-refractivity contribution >= 4 is 11.0 Å². The van der Waals surface area contributed by atoms with Crippen molar-refractivity contribution < 1.29 is 4.39 Å². The lowest BCUT2D eigenvalue weighted by molar-refractivity contribution is 0.232. The summed E-state index contributed by atoms with van der Waals surface area (Å²) in [5.74, 6) is 2.20. The molecular formula is C18H24FN3. The number of hydrogen-bond donors (Lipinski definition) is 1. The Bertz CT molecular complexity index is 645. The predicted octanol–water partition coefficient (Wildman–Crippen LogP) is 4.07. The quantitative estimate of drug-likeness (QED) is 0.926. The largest absolute Gasteiger partial charge is 0.342 e. The van der Waals surface area contributed by atoms with Crippen LogP contribution in [0.5, 0.6) is 0 Å². The predicted molar refractivity (Wildman–Crippen MR) is 86.4 cm³/mol. The van der Waals surface area contributed by atoms with Gasteiger partial charge in [-0.1, -0.05) is 19.3 Å². The molecule has 1 aromatic carbocycles. The number of nitrogens with one attached hydrogen (secondary N) is 1. The van der Waals surface area contributed by atoms with Crippen molar-refractivity contribution in [2.75, 3.05) is 19.6 Å². The van der Waals surface area contributed by atoms with Crippen LogP contribution in [0, 0.1) is 11.7 Å². The Morgan fingerprint density at radius 1 is 1.18 bits per heavy atom. The van der Waals surface area contributed by atoms with Gasteiger partial charge in [-0.15, -0.1) is 0 Å². The lowest BCUT2D eigenvalue weighted by Gasteiger charge is -2.26. The molecule has 3 nitrogen and oxygen atoms in total. The Hall–Kier alpha value is -1.42. The second-order valence-corrected chi connectivity index (χ2v) is 7.03. The molecule has 1 aliphatic heterocycles. The molecule has 1 aliphatic carbocycles. The molecule has 4 heteroatoms. The standard InChI is InChI=1S/C18H24FN3/c19-15-6-7-16-17(10-15)21-18(20-16)14-8-9-22(12-14)11-13-4-2-1-3-5-13/h6-7,10,13-14H,1-5,8-9,11-12H2,(H,20,21)/t14-/m0/s1. The number of nitrogens with zero attached hydrogens (tertiary/aromatic N) is 2. The van der Waals surface area contributed by atoms with Crippen molar-refractivity contribution in [3.63, 3.8) is 0 Å². The van der Waals surface area contributed by atoms with Gasteiger partial charge in [0.2, 0.25) is 0 Å². The first kappa shape index (κ1) is 14.2. The fraction of sp³-hybridized carbons (Fsp3) is 0.611. The zero-order chi connectivity index (χ0) is 14.9. The van der Waals surface area contributed by atoms with Gasteiger partial charge in [0, 0.05) is 19.0 Å². The first-order valence-electron chi connectivity index (χ1n) is 8.65. The van der Waals surface area contributed by atoms with Crippen molar-refractivity contribution in [1.29, 1.82) is 0 Å². The number of aromatic amines is 1. The number of fused-ring (bicyclic) bond motifs is 1. The number of halogens is 1. The van der Waals surface area contributed by atoms with E-state index < -0.39 is 0 Å². The summed E-state index contributed by atoms with van der Waals surface area (Å²) < 4.78 is 13.3. The van der Waals surface area contributed by atoms with Crippen LogP contribution in [0.3, 0.4) is 0 Å². The minimum Gasteiger partial charge on any atom is -0.342 e. The Labute approximate surface area is 130 Å². The lowest BCUT2D eigenvalue weighted by Crippen LogP contribution is -2.28. The molecule has 0 amide bonds. The van der Waals surface area contributed by atoms with E-state index in [1.807, 2.05) is 0 Å². The zero-order valence-electron chi connectivity index (χ0n) is 13.0. The van der Waals surface area contributed by atoms with Gasteiger partial charge in [0.05, 0.1) is 11.0 Å². The van der Waals surface area contributed by atoms with Gasteiger partial charge in [0.1, 0.15) is 11.6 Å². The van der Waals surface area contributed by atoms with Gasteiger partial charge in [-0.25, -0.2) is 9.37 Å². The highest BCUT2D eigenvalue weighted by molar-refractivity contribution is 5.75. The van der Waals surface area contributed by atoms with Crippen LogP contribution in [-0.4, -0.2) is 34.5 Å². The van der Waals surface area contributed by atoms with E-state index in [1.54, 1.807) is 12.1 Å². The highest BCUT2D eigenvalue weighted by Gasteiger charge is 2.28. The molecular weight excluding hydrogens is 277 g/mol. The van der Waals surface area contributed by atoms with Gasteiger partial charge < -0.3 is 9.88 Å². The third kappa shape index (κ3) is 2.89. The number of rotatable bonds is 3.